The summed E-state index contributed by atoms with van der Waals surface area (Å²) in [6.07, 6.45) is 0.837. The number of benzene rings is 2. The van der Waals surface area contributed by atoms with Gasteiger partial charge in [-0.05, 0) is 38.2 Å². The number of rotatable bonds is 7. The molecule has 1 N–H and O–H groups in total. The van der Waals surface area contributed by atoms with Crippen molar-refractivity contribution in [1.29, 1.82) is 5.26 Å². The Morgan fingerprint density at radius 3 is 1.96 bits per heavy atom. The maximum atomic E-state index is 12.6. The lowest BCUT2D eigenvalue weighted by Crippen LogP contribution is -2.28. The van der Waals surface area contributed by atoms with Crippen molar-refractivity contribution in [3.05, 3.63) is 77.4 Å². The molecule has 2 rings (SSSR count). The fourth-order valence-electron chi connectivity index (χ4n) is 2.57. The maximum Gasteiger partial charge on any atom is 0.262 e. The van der Waals surface area contributed by atoms with E-state index < -0.39 is 0 Å². The van der Waals surface area contributed by atoms with E-state index in [2.05, 4.69) is 16.3 Å². The molecular formula is C21H23N3O. The van der Waals surface area contributed by atoms with Gasteiger partial charge < -0.3 is 10.2 Å². The highest BCUT2D eigenvalue weighted by atomic mass is 16.1. The van der Waals surface area contributed by atoms with Gasteiger partial charge in [-0.1, -0.05) is 60.7 Å². The van der Waals surface area contributed by atoms with Crippen LogP contribution < -0.4 is 5.32 Å². The average molecular weight is 333 g/mol. The van der Waals surface area contributed by atoms with E-state index in [1.807, 2.05) is 74.8 Å². The first-order valence-electron chi connectivity index (χ1n) is 8.31. The van der Waals surface area contributed by atoms with Gasteiger partial charge in [0.15, 0.2) is 0 Å². The van der Waals surface area contributed by atoms with Crippen molar-refractivity contribution in [2.24, 2.45) is 0 Å². The molecule has 128 valence electrons. The van der Waals surface area contributed by atoms with Crippen molar-refractivity contribution in [3.8, 4) is 6.07 Å². The summed E-state index contributed by atoms with van der Waals surface area (Å²) in [5.41, 5.74) is 2.51. The third-order valence-electron chi connectivity index (χ3n) is 3.78. The summed E-state index contributed by atoms with van der Waals surface area (Å²) < 4.78 is 0. The van der Waals surface area contributed by atoms with Gasteiger partial charge in [0.2, 0.25) is 0 Å². The van der Waals surface area contributed by atoms with Crippen LogP contribution >= 0.6 is 0 Å². The van der Waals surface area contributed by atoms with Crippen molar-refractivity contribution in [3.63, 3.8) is 0 Å². The molecule has 0 aliphatic rings. The highest BCUT2D eigenvalue weighted by Gasteiger charge is 2.18. The van der Waals surface area contributed by atoms with E-state index in [1.165, 1.54) is 0 Å². The molecule has 0 unspecified atom stereocenters. The summed E-state index contributed by atoms with van der Waals surface area (Å²) in [5, 5.41) is 12.5. The molecule has 0 saturated heterocycles. The van der Waals surface area contributed by atoms with Crippen LogP contribution in [0.15, 0.2) is 66.2 Å². The second-order valence-electron chi connectivity index (χ2n) is 6.01. The zero-order valence-corrected chi connectivity index (χ0v) is 14.7. The molecule has 4 nitrogen and oxygen atoms in total. The molecule has 4 heteroatoms. The summed E-state index contributed by atoms with van der Waals surface area (Å²) >= 11 is 0. The van der Waals surface area contributed by atoms with Crippen molar-refractivity contribution >= 4 is 11.5 Å². The Labute approximate surface area is 149 Å². The van der Waals surface area contributed by atoms with E-state index in [9.17, 15) is 10.1 Å². The van der Waals surface area contributed by atoms with Crippen LogP contribution in [0.2, 0.25) is 0 Å². The van der Waals surface area contributed by atoms with Crippen LogP contribution in [-0.2, 0) is 4.79 Å². The lowest BCUT2D eigenvalue weighted by molar-refractivity contribution is -0.117. The summed E-state index contributed by atoms with van der Waals surface area (Å²) in [6, 6.07) is 21.2. The number of hydrogen-bond donors (Lipinski definition) is 1. The minimum atomic E-state index is -0.330. The van der Waals surface area contributed by atoms with Crippen molar-refractivity contribution in [1.82, 2.24) is 10.2 Å². The van der Waals surface area contributed by atoms with Crippen LogP contribution in [0, 0.1) is 11.3 Å². The Kier molecular flexibility index (Phi) is 6.94. The number of nitrogens with zero attached hydrogens (tertiary/aromatic N) is 2. The number of nitriles is 1. The molecule has 2 aromatic rings. The van der Waals surface area contributed by atoms with E-state index in [-0.39, 0.29) is 11.5 Å². The van der Waals surface area contributed by atoms with Gasteiger partial charge in [-0.25, -0.2) is 0 Å². The van der Waals surface area contributed by atoms with Gasteiger partial charge in [0.25, 0.3) is 5.91 Å². The number of carbonyl (C=O) groups excluding carboxylic acids is 1. The SMILES string of the molecule is CN(C)CCCNC(=O)C(C#N)=C(c1ccccc1)c1ccccc1. The summed E-state index contributed by atoms with van der Waals surface area (Å²) in [4.78, 5) is 14.7. The van der Waals surface area contributed by atoms with Gasteiger partial charge in [-0.15, -0.1) is 0 Å². The monoisotopic (exact) mass is 333 g/mol. The fraction of sp³-hybridized carbons (Fsp3) is 0.238. The second-order valence-corrected chi connectivity index (χ2v) is 6.01. The zero-order chi connectivity index (χ0) is 18.1. The van der Waals surface area contributed by atoms with Crippen LogP contribution in [0.3, 0.4) is 0 Å². The van der Waals surface area contributed by atoms with Crippen LogP contribution in [-0.4, -0.2) is 38.0 Å². The molecule has 0 atom stereocenters. The Morgan fingerprint density at radius 1 is 1.00 bits per heavy atom. The predicted octanol–water partition coefficient (Wildman–Crippen LogP) is 3.08. The van der Waals surface area contributed by atoms with Crippen LogP contribution in [0.5, 0.6) is 0 Å². The molecule has 2 aromatic carbocycles. The maximum absolute atomic E-state index is 12.6. The molecule has 0 radical (unpaired) electrons. The summed E-state index contributed by atoms with van der Waals surface area (Å²) in [6.45, 7) is 1.43. The summed E-state index contributed by atoms with van der Waals surface area (Å²) in [7, 11) is 3.98. The van der Waals surface area contributed by atoms with E-state index in [0.717, 1.165) is 24.1 Å². The molecule has 0 heterocycles. The normalized spacial score (nSPS) is 10.2. The molecule has 0 aliphatic carbocycles. The molecule has 0 spiro atoms. The van der Waals surface area contributed by atoms with Crippen LogP contribution in [0.4, 0.5) is 0 Å². The van der Waals surface area contributed by atoms with Gasteiger partial charge in [0.1, 0.15) is 11.6 Å². The fourth-order valence-corrected chi connectivity index (χ4v) is 2.57. The molecule has 0 aromatic heterocycles. The highest BCUT2D eigenvalue weighted by Crippen LogP contribution is 2.26. The smallest absolute Gasteiger partial charge is 0.262 e. The summed E-state index contributed by atoms with van der Waals surface area (Å²) in [5.74, 6) is -0.330. The Balaban J connectivity index is 2.35. The average Bonchev–Trinajstić information content (AvgIpc) is 2.64. The quantitative estimate of drug-likeness (QED) is 0.481. The minimum absolute atomic E-state index is 0.141. The number of carbonyl (C=O) groups is 1. The number of hydrogen-bond acceptors (Lipinski definition) is 3. The first kappa shape index (κ1) is 18.4. The molecule has 0 saturated carbocycles. The van der Waals surface area contributed by atoms with Gasteiger partial charge in [0, 0.05) is 12.1 Å². The zero-order valence-electron chi connectivity index (χ0n) is 14.7. The van der Waals surface area contributed by atoms with E-state index >= 15 is 0 Å². The molecule has 0 aliphatic heterocycles. The lowest BCUT2D eigenvalue weighted by Gasteiger charge is -2.13. The topological polar surface area (TPSA) is 56.1 Å². The van der Waals surface area contributed by atoms with Gasteiger partial charge in [0.05, 0.1) is 0 Å². The first-order chi connectivity index (χ1) is 12.1. The van der Waals surface area contributed by atoms with E-state index in [0.29, 0.717) is 12.1 Å². The Hall–Kier alpha value is -2.90. The number of amides is 1. The Morgan fingerprint density at radius 2 is 1.52 bits per heavy atom. The second kappa shape index (κ2) is 9.41. The first-order valence-corrected chi connectivity index (χ1v) is 8.31. The van der Waals surface area contributed by atoms with Crippen LogP contribution in [0.25, 0.3) is 5.57 Å². The molecule has 25 heavy (non-hydrogen) atoms. The lowest BCUT2D eigenvalue weighted by atomic mass is 9.93. The van der Waals surface area contributed by atoms with Crippen molar-refractivity contribution in [2.45, 2.75) is 6.42 Å². The number of nitrogens with one attached hydrogen (secondary N) is 1. The minimum Gasteiger partial charge on any atom is -0.351 e. The van der Waals surface area contributed by atoms with Crippen molar-refractivity contribution < 1.29 is 4.79 Å². The molecular weight excluding hydrogens is 310 g/mol. The van der Waals surface area contributed by atoms with Crippen molar-refractivity contribution in [2.75, 3.05) is 27.2 Å². The largest absolute Gasteiger partial charge is 0.351 e. The molecule has 0 fully saturated rings. The third-order valence-corrected chi connectivity index (χ3v) is 3.78. The standard InChI is InChI=1S/C21H23N3O/c1-24(2)15-9-14-23-21(25)19(16-22)20(17-10-5-3-6-11-17)18-12-7-4-8-13-18/h3-8,10-13H,9,14-15H2,1-2H3,(H,23,25). The van der Waals surface area contributed by atoms with Gasteiger partial charge in [-0.3, -0.25) is 4.79 Å². The highest BCUT2D eigenvalue weighted by molar-refractivity contribution is 6.07. The molecule has 0 bridgehead atoms. The van der Waals surface area contributed by atoms with E-state index in [4.69, 9.17) is 0 Å². The molecule has 1 amide bonds. The predicted molar refractivity (Wildman–Crippen MR) is 101 cm³/mol. The van der Waals surface area contributed by atoms with E-state index in [1.54, 1.807) is 0 Å². The third kappa shape index (κ3) is 5.30. The van der Waals surface area contributed by atoms with Gasteiger partial charge in [-0.2, -0.15) is 5.26 Å². The van der Waals surface area contributed by atoms with Crippen LogP contribution in [0.1, 0.15) is 17.5 Å². The van der Waals surface area contributed by atoms with Gasteiger partial charge >= 0.3 is 0 Å². The Bertz CT molecular complexity index is 717.